The Balaban J connectivity index is 1.93. The third-order valence-corrected chi connectivity index (χ3v) is 4.43. The van der Waals surface area contributed by atoms with Crippen molar-refractivity contribution in [2.75, 3.05) is 20.8 Å². The molecule has 0 amide bonds. The highest BCUT2D eigenvalue weighted by Gasteiger charge is 2.51. The lowest BCUT2D eigenvalue weighted by Crippen LogP contribution is -2.14. The van der Waals surface area contributed by atoms with E-state index in [0.29, 0.717) is 12.4 Å². The Morgan fingerprint density at radius 2 is 2.20 bits per heavy atom. The molecule has 0 bridgehead atoms. The molecule has 1 aromatic carbocycles. The van der Waals surface area contributed by atoms with Gasteiger partial charge in [0.25, 0.3) is 5.89 Å². The molecule has 2 aromatic rings. The lowest BCUT2D eigenvalue weighted by Gasteiger charge is -2.15. The van der Waals surface area contributed by atoms with E-state index in [-0.39, 0.29) is 22.7 Å². The van der Waals surface area contributed by atoms with Gasteiger partial charge in [0.1, 0.15) is 6.67 Å². The molecule has 3 rings (SSSR count). The fraction of sp³-hybridized carbons (Fsp3) is 0.389. The fourth-order valence-electron chi connectivity index (χ4n) is 2.95. The molecule has 2 N–H and O–H groups in total. The molecule has 1 heterocycles. The van der Waals surface area contributed by atoms with Crippen molar-refractivity contribution in [3.8, 4) is 0 Å². The number of aliphatic imine (C=N–C) groups is 1. The monoisotopic (exact) mass is 344 g/mol. The second kappa shape index (κ2) is 7.14. The maximum absolute atomic E-state index is 12.8. The number of hydrogen-bond donors (Lipinski definition) is 1. The number of nitrogens with zero attached hydrogens (tertiary/aromatic N) is 3. The van der Waals surface area contributed by atoms with E-state index >= 15 is 0 Å². The third kappa shape index (κ3) is 3.32. The molecule has 1 fully saturated rings. The number of rotatable bonds is 7. The number of methoxy groups -OCH3 is 1. The quantitative estimate of drug-likeness (QED) is 0.780. The zero-order valence-corrected chi connectivity index (χ0v) is 14.3. The van der Waals surface area contributed by atoms with Crippen LogP contribution in [0.5, 0.6) is 0 Å². The van der Waals surface area contributed by atoms with Crippen molar-refractivity contribution >= 4 is 11.4 Å². The maximum atomic E-state index is 12.8. The normalized spacial score (nSPS) is 16.9. The number of allylic oxidation sites excluding steroid dienone is 1. The topological polar surface area (TPSA) is 86.5 Å². The number of nitrogens with two attached hydrogens (primary N) is 1. The van der Waals surface area contributed by atoms with E-state index in [1.54, 1.807) is 7.11 Å². The van der Waals surface area contributed by atoms with Crippen LogP contribution >= 0.6 is 0 Å². The lowest BCUT2D eigenvalue weighted by atomic mass is 9.91. The Labute approximate surface area is 145 Å². The van der Waals surface area contributed by atoms with Crippen molar-refractivity contribution in [2.45, 2.75) is 24.9 Å². The van der Waals surface area contributed by atoms with E-state index in [1.165, 1.54) is 13.1 Å². The average molecular weight is 344 g/mol. The zero-order valence-electron chi connectivity index (χ0n) is 14.3. The highest BCUT2D eigenvalue weighted by Crippen LogP contribution is 2.53. The van der Waals surface area contributed by atoms with E-state index in [2.05, 4.69) is 21.2 Å². The largest absolute Gasteiger partial charge is 0.394 e. The highest BCUT2D eigenvalue weighted by molar-refractivity contribution is 6.00. The van der Waals surface area contributed by atoms with Gasteiger partial charge in [-0.3, -0.25) is 4.99 Å². The smallest absolute Gasteiger partial charge is 0.273 e. The van der Waals surface area contributed by atoms with Crippen LogP contribution in [-0.2, 0) is 16.8 Å². The molecule has 132 valence electrons. The van der Waals surface area contributed by atoms with Crippen LogP contribution in [0, 0.1) is 0 Å². The molecule has 0 saturated heterocycles. The van der Waals surface area contributed by atoms with Gasteiger partial charge in [-0.15, -0.1) is 0 Å². The van der Waals surface area contributed by atoms with Crippen LogP contribution in [0.3, 0.4) is 0 Å². The predicted molar refractivity (Wildman–Crippen MR) is 93.0 cm³/mol. The molecule has 1 aromatic heterocycles. The average Bonchev–Trinajstić information content (AvgIpc) is 3.28. The van der Waals surface area contributed by atoms with Crippen molar-refractivity contribution in [2.24, 2.45) is 10.7 Å². The maximum Gasteiger partial charge on any atom is 0.273 e. The number of alkyl halides is 1. The molecule has 0 aliphatic heterocycles. The van der Waals surface area contributed by atoms with E-state index in [4.69, 9.17) is 15.0 Å². The molecule has 25 heavy (non-hydrogen) atoms. The molecular formula is C18H21FN4O2. The second-order valence-corrected chi connectivity index (χ2v) is 6.04. The Kier molecular flexibility index (Phi) is 4.94. The van der Waals surface area contributed by atoms with Crippen LogP contribution in [0.1, 0.15) is 35.7 Å². The Hall–Kier alpha value is -2.54. The van der Waals surface area contributed by atoms with Crippen molar-refractivity contribution in [1.29, 1.82) is 0 Å². The molecule has 1 aliphatic rings. The van der Waals surface area contributed by atoms with Gasteiger partial charge in [0.15, 0.2) is 5.82 Å². The summed E-state index contributed by atoms with van der Waals surface area (Å²) >= 11 is 0. The minimum absolute atomic E-state index is 0.181. The summed E-state index contributed by atoms with van der Waals surface area (Å²) in [5.74, 6) is 0.776. The Morgan fingerprint density at radius 3 is 2.84 bits per heavy atom. The molecule has 0 unspecified atom stereocenters. The van der Waals surface area contributed by atoms with Gasteiger partial charge >= 0.3 is 0 Å². The summed E-state index contributed by atoms with van der Waals surface area (Å²) in [6.07, 6.45) is 3.28. The summed E-state index contributed by atoms with van der Waals surface area (Å²) < 4.78 is 23.4. The summed E-state index contributed by atoms with van der Waals surface area (Å²) in [6.45, 7) is -0.177. The summed E-state index contributed by atoms with van der Waals surface area (Å²) in [5, 5.41) is 4.13. The van der Waals surface area contributed by atoms with Gasteiger partial charge in [0.05, 0.1) is 23.4 Å². The molecule has 0 atom stereocenters. The van der Waals surface area contributed by atoms with E-state index in [9.17, 15) is 4.39 Å². The van der Waals surface area contributed by atoms with E-state index in [1.807, 2.05) is 18.2 Å². The van der Waals surface area contributed by atoms with Gasteiger partial charge in [-0.2, -0.15) is 4.98 Å². The van der Waals surface area contributed by atoms with E-state index in [0.717, 1.165) is 24.0 Å². The minimum atomic E-state index is -0.702. The summed E-state index contributed by atoms with van der Waals surface area (Å²) in [7, 11) is 3.18. The van der Waals surface area contributed by atoms with Crippen LogP contribution in [0.25, 0.3) is 5.70 Å². The predicted octanol–water partition coefficient (Wildman–Crippen LogP) is 2.64. The first-order valence-electron chi connectivity index (χ1n) is 8.05. The molecule has 0 radical (unpaired) electrons. The molecule has 6 nitrogen and oxygen atoms in total. The number of benzene rings is 1. The molecule has 1 saturated carbocycles. The van der Waals surface area contributed by atoms with Crippen LogP contribution in [0.2, 0.25) is 0 Å². The van der Waals surface area contributed by atoms with Crippen LogP contribution < -0.4 is 5.73 Å². The third-order valence-electron chi connectivity index (χ3n) is 4.43. The van der Waals surface area contributed by atoms with Crippen LogP contribution in [-0.4, -0.2) is 36.7 Å². The first-order chi connectivity index (χ1) is 12.1. The fourth-order valence-corrected chi connectivity index (χ4v) is 2.95. The summed E-state index contributed by atoms with van der Waals surface area (Å²) in [5.41, 5.74) is 8.36. The Morgan fingerprint density at radius 1 is 1.44 bits per heavy atom. The molecule has 7 heteroatoms. The number of ether oxygens (including phenoxy) is 1. The van der Waals surface area contributed by atoms with Crippen LogP contribution in [0.15, 0.2) is 39.9 Å². The standard InChI is InChI=1S/C18H21FN4O2/c1-21-13(10-19)9-15(20)16-22-17(23-25-16)18(7-8-18)14-6-4-3-5-12(14)11-24-2/h3-6,9H,7-8,10-11,20H2,1-2H3/b15-9-,21-13?. The van der Waals surface area contributed by atoms with Crippen molar-refractivity contribution < 1.29 is 13.7 Å². The van der Waals surface area contributed by atoms with E-state index < -0.39 is 6.67 Å². The van der Waals surface area contributed by atoms with Crippen molar-refractivity contribution in [3.63, 3.8) is 0 Å². The minimum Gasteiger partial charge on any atom is -0.394 e. The first-order valence-corrected chi connectivity index (χ1v) is 8.05. The zero-order chi connectivity index (χ0) is 17.9. The first kappa shape index (κ1) is 17.3. The van der Waals surface area contributed by atoms with Gasteiger partial charge in [-0.05, 0) is 30.0 Å². The van der Waals surface area contributed by atoms with Crippen LogP contribution in [0.4, 0.5) is 4.39 Å². The number of hydrogen-bond acceptors (Lipinski definition) is 6. The van der Waals surface area contributed by atoms with Crippen molar-refractivity contribution in [3.05, 3.63) is 53.2 Å². The number of halogens is 1. The van der Waals surface area contributed by atoms with Gasteiger partial charge in [-0.1, -0.05) is 29.4 Å². The van der Waals surface area contributed by atoms with Gasteiger partial charge in [-0.25, -0.2) is 4.39 Å². The summed E-state index contributed by atoms with van der Waals surface area (Å²) in [6, 6.07) is 8.09. The molecular weight excluding hydrogens is 323 g/mol. The highest BCUT2D eigenvalue weighted by atomic mass is 19.1. The second-order valence-electron chi connectivity index (χ2n) is 6.04. The summed E-state index contributed by atoms with van der Waals surface area (Å²) in [4.78, 5) is 8.26. The molecule has 1 aliphatic carbocycles. The Bertz CT molecular complexity index is 809. The lowest BCUT2D eigenvalue weighted by molar-refractivity contribution is 0.183. The van der Waals surface area contributed by atoms with Crippen molar-refractivity contribution in [1.82, 2.24) is 10.1 Å². The van der Waals surface area contributed by atoms with Gasteiger partial charge in [0, 0.05) is 14.2 Å². The van der Waals surface area contributed by atoms with Gasteiger partial charge < -0.3 is 15.0 Å². The SMILES string of the molecule is CN=C(/C=C(\N)c1nc(C2(c3ccccc3COC)CC2)no1)CF. The van der Waals surface area contributed by atoms with Gasteiger partial charge in [0.2, 0.25) is 0 Å². The molecule has 0 spiro atoms. The number of aromatic nitrogens is 2.